The normalized spacial score (nSPS) is 12.6. The molecule has 0 radical (unpaired) electrons. The molecule has 0 spiro atoms. The van der Waals surface area contributed by atoms with Crippen LogP contribution in [0.25, 0.3) is 27.9 Å². The number of aromatic nitrogens is 4. The second-order valence-electron chi connectivity index (χ2n) is 8.84. The van der Waals surface area contributed by atoms with E-state index >= 15 is 0 Å². The number of rotatable bonds is 5. The number of aliphatic hydroxyl groups is 2. The summed E-state index contributed by atoms with van der Waals surface area (Å²) in [5.41, 5.74) is 4.04. The van der Waals surface area contributed by atoms with Crippen LogP contribution in [0.1, 0.15) is 30.5 Å². The molecule has 34 heavy (non-hydrogen) atoms. The van der Waals surface area contributed by atoms with E-state index < -0.39 is 15.6 Å². The van der Waals surface area contributed by atoms with Gasteiger partial charge in [0, 0.05) is 17.3 Å². The van der Waals surface area contributed by atoms with Gasteiger partial charge in [0.2, 0.25) is 0 Å². The fraction of sp³-hybridized carbons (Fsp3) is 0.200. The van der Waals surface area contributed by atoms with Crippen molar-refractivity contribution in [3.63, 3.8) is 0 Å². The number of aliphatic hydroxyl groups excluding tert-OH is 1. The summed E-state index contributed by atoms with van der Waals surface area (Å²) in [6, 6.07) is 14.0. The minimum atomic E-state index is -3.92. The molecule has 0 unspecified atom stereocenters. The zero-order chi connectivity index (χ0) is 24.3. The Hall–Kier alpha value is -3.53. The molecule has 9 heteroatoms. The average molecular weight is 477 g/mol. The van der Waals surface area contributed by atoms with E-state index in [1.165, 1.54) is 6.20 Å². The Kier molecular flexibility index (Phi) is 5.09. The van der Waals surface area contributed by atoms with Crippen LogP contribution in [0.4, 0.5) is 0 Å². The smallest absolute Gasteiger partial charge is 0.269 e. The van der Waals surface area contributed by atoms with Crippen LogP contribution in [-0.2, 0) is 22.2 Å². The van der Waals surface area contributed by atoms with Crippen LogP contribution in [0.5, 0.6) is 0 Å². The van der Waals surface area contributed by atoms with Crippen molar-refractivity contribution in [2.45, 2.75) is 37.9 Å². The first-order valence-electron chi connectivity index (χ1n) is 10.7. The van der Waals surface area contributed by atoms with Crippen molar-refractivity contribution in [1.29, 1.82) is 0 Å². The Morgan fingerprint density at radius 3 is 2.29 bits per heavy atom. The van der Waals surface area contributed by atoms with Gasteiger partial charge in [-0.2, -0.15) is 0 Å². The molecule has 8 nitrogen and oxygen atoms in total. The first-order chi connectivity index (χ1) is 16.1. The van der Waals surface area contributed by atoms with Gasteiger partial charge in [0.15, 0.2) is 5.65 Å². The van der Waals surface area contributed by atoms with Gasteiger partial charge in [-0.15, -0.1) is 0 Å². The summed E-state index contributed by atoms with van der Waals surface area (Å²) in [4.78, 5) is 9.16. The van der Waals surface area contributed by atoms with Crippen molar-refractivity contribution in [1.82, 2.24) is 18.3 Å². The fourth-order valence-corrected chi connectivity index (χ4v) is 5.39. The Morgan fingerprint density at radius 2 is 1.68 bits per heavy atom. The Balaban J connectivity index is 1.69. The molecule has 0 aliphatic heterocycles. The summed E-state index contributed by atoms with van der Waals surface area (Å²) >= 11 is 0. The third kappa shape index (κ3) is 3.49. The Bertz CT molecular complexity index is 1630. The highest BCUT2D eigenvalue weighted by atomic mass is 32.2. The lowest BCUT2D eigenvalue weighted by Gasteiger charge is -2.17. The fourth-order valence-electron chi connectivity index (χ4n) is 4.06. The van der Waals surface area contributed by atoms with Gasteiger partial charge >= 0.3 is 0 Å². The van der Waals surface area contributed by atoms with Gasteiger partial charge in [0.25, 0.3) is 10.0 Å². The molecule has 0 bridgehead atoms. The van der Waals surface area contributed by atoms with Gasteiger partial charge in [-0.3, -0.25) is 4.40 Å². The molecule has 0 amide bonds. The molecule has 0 saturated carbocycles. The number of imidazole rings is 1. The highest BCUT2D eigenvalue weighted by Gasteiger charge is 2.24. The van der Waals surface area contributed by atoms with Crippen molar-refractivity contribution in [2.75, 3.05) is 0 Å². The van der Waals surface area contributed by atoms with E-state index in [0.29, 0.717) is 22.3 Å². The summed E-state index contributed by atoms with van der Waals surface area (Å²) in [6.45, 7) is 4.97. The average Bonchev–Trinajstić information content (AvgIpc) is 3.40. The third-order valence-corrected chi connectivity index (χ3v) is 7.63. The van der Waals surface area contributed by atoms with Gasteiger partial charge < -0.3 is 10.2 Å². The summed E-state index contributed by atoms with van der Waals surface area (Å²) in [5.74, 6) is 0. The molecular formula is C25H24N4O4S. The molecule has 2 aromatic carbocycles. The van der Waals surface area contributed by atoms with Gasteiger partial charge in [0.1, 0.15) is 6.33 Å². The molecule has 3 heterocycles. The molecule has 0 aliphatic rings. The van der Waals surface area contributed by atoms with Gasteiger partial charge in [-0.25, -0.2) is 22.4 Å². The molecule has 5 rings (SSSR count). The lowest BCUT2D eigenvalue weighted by Crippen LogP contribution is -2.14. The van der Waals surface area contributed by atoms with E-state index in [2.05, 4.69) is 9.97 Å². The van der Waals surface area contributed by atoms with Crippen LogP contribution in [0.3, 0.4) is 0 Å². The van der Waals surface area contributed by atoms with Crippen LogP contribution >= 0.6 is 0 Å². The molecule has 2 N–H and O–H groups in total. The zero-order valence-corrected chi connectivity index (χ0v) is 19.8. The van der Waals surface area contributed by atoms with Gasteiger partial charge in [-0.05, 0) is 38.5 Å². The number of benzene rings is 2. The standard InChI is InChI=1S/C25H24N4O4S/c1-16-4-10-20(11-5-16)34(32,33)29-13-18(14-30)23-24(29)26-12-21-22(27-15-28(21)23)17-6-8-19(9-7-17)25(2,3)31/h4-13,15,30-31H,14H2,1-3H3. The summed E-state index contributed by atoms with van der Waals surface area (Å²) in [6.07, 6.45) is 4.58. The van der Waals surface area contributed by atoms with Crippen molar-refractivity contribution in [3.8, 4) is 11.3 Å². The highest BCUT2D eigenvalue weighted by Crippen LogP contribution is 2.31. The largest absolute Gasteiger partial charge is 0.392 e. The molecule has 3 aromatic heterocycles. The van der Waals surface area contributed by atoms with Gasteiger partial charge in [0.05, 0.1) is 40.0 Å². The van der Waals surface area contributed by atoms with Crippen LogP contribution in [0, 0.1) is 6.92 Å². The zero-order valence-electron chi connectivity index (χ0n) is 19.0. The lowest BCUT2D eigenvalue weighted by molar-refractivity contribution is 0.0786. The van der Waals surface area contributed by atoms with E-state index in [-0.39, 0.29) is 17.1 Å². The number of nitrogens with zero attached hydrogens (tertiary/aromatic N) is 4. The van der Waals surface area contributed by atoms with Crippen LogP contribution in [0.2, 0.25) is 0 Å². The SMILES string of the molecule is Cc1ccc(S(=O)(=O)n2cc(CO)c3c2ncc2c(-c4ccc(C(C)(C)O)cc4)ncn23)cc1. The predicted molar refractivity (Wildman–Crippen MR) is 129 cm³/mol. The molecule has 0 saturated heterocycles. The quantitative estimate of drug-likeness (QED) is 0.401. The minimum absolute atomic E-state index is 0.139. The molecule has 0 atom stereocenters. The van der Waals surface area contributed by atoms with Crippen LogP contribution in [0.15, 0.2) is 72.1 Å². The van der Waals surface area contributed by atoms with Crippen LogP contribution < -0.4 is 0 Å². The minimum Gasteiger partial charge on any atom is -0.392 e. The van der Waals surface area contributed by atoms with E-state index in [0.717, 1.165) is 20.7 Å². The van der Waals surface area contributed by atoms with E-state index in [1.807, 2.05) is 31.2 Å². The first kappa shape index (κ1) is 22.3. The second kappa shape index (κ2) is 7.76. The first-order valence-corrected chi connectivity index (χ1v) is 12.2. The van der Waals surface area contributed by atoms with Crippen LogP contribution in [-0.4, -0.2) is 37.0 Å². The highest BCUT2D eigenvalue weighted by molar-refractivity contribution is 7.90. The molecular weight excluding hydrogens is 452 g/mol. The Morgan fingerprint density at radius 1 is 1.00 bits per heavy atom. The number of aryl methyl sites for hydroxylation is 1. The second-order valence-corrected chi connectivity index (χ2v) is 10.7. The van der Waals surface area contributed by atoms with Crippen molar-refractivity contribution >= 4 is 26.7 Å². The Labute approximate surface area is 196 Å². The van der Waals surface area contributed by atoms with E-state index in [1.54, 1.807) is 55.0 Å². The molecule has 174 valence electrons. The maximum absolute atomic E-state index is 13.4. The maximum atomic E-state index is 13.4. The van der Waals surface area contributed by atoms with Crippen molar-refractivity contribution < 1.29 is 18.6 Å². The number of hydrogen-bond acceptors (Lipinski definition) is 6. The maximum Gasteiger partial charge on any atom is 0.269 e. The predicted octanol–water partition coefficient (Wildman–Crippen LogP) is 3.62. The summed E-state index contributed by atoms with van der Waals surface area (Å²) in [5, 5.41) is 20.2. The topological polar surface area (TPSA) is 110 Å². The van der Waals surface area contributed by atoms with E-state index in [4.69, 9.17) is 0 Å². The molecule has 0 aliphatic carbocycles. The van der Waals surface area contributed by atoms with Crippen molar-refractivity contribution in [2.24, 2.45) is 0 Å². The van der Waals surface area contributed by atoms with E-state index in [9.17, 15) is 18.6 Å². The molecule has 0 fully saturated rings. The summed E-state index contributed by atoms with van der Waals surface area (Å²) < 4.78 is 29.6. The lowest BCUT2D eigenvalue weighted by atomic mass is 9.97. The summed E-state index contributed by atoms with van der Waals surface area (Å²) in [7, 11) is -3.92. The molecule has 5 aromatic rings. The monoisotopic (exact) mass is 476 g/mol. The third-order valence-electron chi connectivity index (χ3n) is 5.97. The number of fused-ring (bicyclic) bond motifs is 3. The number of hydrogen-bond donors (Lipinski definition) is 2. The van der Waals surface area contributed by atoms with Crippen molar-refractivity contribution in [3.05, 3.63) is 83.9 Å². The van der Waals surface area contributed by atoms with Gasteiger partial charge in [-0.1, -0.05) is 42.0 Å².